The van der Waals surface area contributed by atoms with Crippen LogP contribution in [-0.4, -0.2) is 123 Å². The minimum absolute atomic E-state index is 0.0137. The zero-order valence-electron chi connectivity index (χ0n) is 40.5. The molecule has 13 nitrogen and oxygen atoms in total. The van der Waals surface area contributed by atoms with Crippen LogP contribution in [0, 0.1) is 12.3 Å². The molecule has 4 aromatic carbocycles. The molecule has 3 atom stereocenters. The Kier molecular flexibility index (Phi) is 17.9. The highest BCUT2D eigenvalue weighted by molar-refractivity contribution is 7.13. The summed E-state index contributed by atoms with van der Waals surface area (Å²) < 4.78 is 6.18. The number of ether oxygens (including phenoxy) is 1. The number of benzene rings is 4. The lowest BCUT2D eigenvalue weighted by molar-refractivity contribution is -0.144. The van der Waals surface area contributed by atoms with E-state index in [0.717, 1.165) is 55.3 Å². The summed E-state index contributed by atoms with van der Waals surface area (Å²) in [5, 5.41) is 26.5. The molecule has 7 rings (SSSR count). The van der Waals surface area contributed by atoms with Gasteiger partial charge in [-0.1, -0.05) is 99.6 Å². The number of piperazine rings is 1. The van der Waals surface area contributed by atoms with E-state index in [9.17, 15) is 29.4 Å². The predicted octanol–water partition coefficient (Wildman–Crippen LogP) is 7.91. The Morgan fingerprint density at radius 2 is 1.53 bits per heavy atom. The van der Waals surface area contributed by atoms with Crippen molar-refractivity contribution in [2.75, 3.05) is 51.8 Å². The van der Waals surface area contributed by atoms with Gasteiger partial charge in [-0.05, 0) is 88.4 Å². The fraction of sp³-hybridized carbons (Fsp3) is 0.400. The number of rotatable bonds is 19. The van der Waals surface area contributed by atoms with Crippen LogP contribution in [0.3, 0.4) is 0 Å². The van der Waals surface area contributed by atoms with Crippen molar-refractivity contribution in [1.29, 1.82) is 0 Å². The van der Waals surface area contributed by atoms with Gasteiger partial charge in [-0.2, -0.15) is 0 Å². The molecule has 0 aliphatic carbocycles. The lowest BCUT2D eigenvalue weighted by Crippen LogP contribution is -2.57. The van der Waals surface area contributed by atoms with Crippen molar-refractivity contribution >= 4 is 57.7 Å². The van der Waals surface area contributed by atoms with Crippen molar-refractivity contribution in [3.05, 3.63) is 137 Å². The normalized spacial score (nSPS) is 17.2. The first-order chi connectivity index (χ1) is 33.7. The second kappa shape index (κ2) is 24.2. The van der Waals surface area contributed by atoms with E-state index in [1.807, 2.05) is 105 Å². The summed E-state index contributed by atoms with van der Waals surface area (Å²) in [7, 11) is 0. The Morgan fingerprint density at radius 1 is 0.857 bits per heavy atom. The fourth-order valence-corrected chi connectivity index (χ4v) is 10.1. The number of halogens is 1. The number of phenolic OH excluding ortho intramolecular Hbond substituents is 1. The molecule has 0 radical (unpaired) electrons. The lowest BCUT2D eigenvalue weighted by Gasteiger charge is -2.35. The van der Waals surface area contributed by atoms with Gasteiger partial charge >= 0.3 is 0 Å². The zero-order chi connectivity index (χ0) is 49.8. The topological polar surface area (TPSA) is 165 Å². The molecule has 70 heavy (non-hydrogen) atoms. The number of aliphatic hydroxyl groups excluding tert-OH is 1. The molecule has 370 valence electrons. The van der Waals surface area contributed by atoms with Gasteiger partial charge in [-0.25, -0.2) is 4.98 Å². The first-order valence-corrected chi connectivity index (χ1v) is 25.5. The SMILES string of the molecule is Cc1ncsc1-c1ccc(CNC(=O)C2CC(O)CN2C(=O)[C@@H](NC(=O)CCCC(=O)N2CCN(CCOc3ccc(C(=C(CCCl)c4ccccc4)c4ccc(O)cc4)cc3)CC2)C(C)(C)C)cc1. The third kappa shape index (κ3) is 13.6. The number of aromatic nitrogens is 1. The highest BCUT2D eigenvalue weighted by Gasteiger charge is 2.44. The van der Waals surface area contributed by atoms with Crippen molar-refractivity contribution in [3.63, 3.8) is 0 Å². The molecule has 2 unspecified atom stereocenters. The van der Waals surface area contributed by atoms with Crippen LogP contribution in [0.25, 0.3) is 21.6 Å². The Balaban J connectivity index is 0.839. The standard InChI is InChI=1S/C55H65ClN6O7S/c1-37-51(70-36-58-37)42-15-13-38(14-16-42)34-57-53(67)47-33-44(64)35-62(47)54(68)52(55(2,3)4)59-48(65)11-8-12-49(66)61-29-27-60(28-30-61)31-32-69-45-23-19-41(20-24-45)50(40-17-21-43(63)22-18-40)46(25-26-56)39-9-6-5-7-10-39/h5-7,9-10,13-24,36,44,47,52,63-64H,8,11-12,25-35H2,1-4H3,(H,57,67)(H,59,65)/t44?,47?,52-/m1/s1. The summed E-state index contributed by atoms with van der Waals surface area (Å²) >= 11 is 7.90. The minimum atomic E-state index is -0.948. The summed E-state index contributed by atoms with van der Waals surface area (Å²) in [5.74, 6) is 0.259. The van der Waals surface area contributed by atoms with E-state index in [-0.39, 0.29) is 55.8 Å². The van der Waals surface area contributed by atoms with E-state index in [1.54, 1.807) is 23.5 Å². The highest BCUT2D eigenvalue weighted by Crippen LogP contribution is 2.36. The first-order valence-electron chi connectivity index (χ1n) is 24.1. The number of β-amino-alcohol motifs (C(OH)–C–C–N with tert-alkyl or cyclic N) is 1. The molecule has 3 heterocycles. The van der Waals surface area contributed by atoms with E-state index in [0.29, 0.717) is 58.1 Å². The monoisotopic (exact) mass is 988 g/mol. The van der Waals surface area contributed by atoms with Gasteiger partial charge in [0, 0.05) is 71.0 Å². The number of aliphatic hydroxyl groups is 1. The maximum atomic E-state index is 14.1. The number of allylic oxidation sites excluding steroid dienone is 1. The second-order valence-electron chi connectivity index (χ2n) is 19.1. The molecule has 4 N–H and O–H groups in total. The molecule has 2 saturated heterocycles. The van der Waals surface area contributed by atoms with Gasteiger partial charge in [0.2, 0.25) is 23.6 Å². The first kappa shape index (κ1) is 51.8. The van der Waals surface area contributed by atoms with Crippen molar-refractivity contribution in [2.45, 2.75) is 84.5 Å². The molecule has 4 amide bonds. The smallest absolute Gasteiger partial charge is 0.246 e. The van der Waals surface area contributed by atoms with Crippen LogP contribution >= 0.6 is 22.9 Å². The Bertz CT molecular complexity index is 2570. The van der Waals surface area contributed by atoms with Crippen molar-refractivity contribution < 1.29 is 34.1 Å². The number of nitrogens with one attached hydrogen (secondary N) is 2. The molecule has 15 heteroatoms. The number of carbonyl (C=O) groups excluding carboxylic acids is 4. The van der Waals surface area contributed by atoms with Gasteiger partial charge in [-0.3, -0.25) is 24.1 Å². The number of carbonyl (C=O) groups is 4. The van der Waals surface area contributed by atoms with Crippen molar-refractivity contribution in [3.8, 4) is 21.9 Å². The molecule has 2 fully saturated rings. The van der Waals surface area contributed by atoms with Crippen LogP contribution in [0.5, 0.6) is 11.5 Å². The van der Waals surface area contributed by atoms with Gasteiger partial charge in [0.05, 0.1) is 22.2 Å². The number of nitrogens with zero attached hydrogens (tertiary/aromatic N) is 4. The molecule has 0 bridgehead atoms. The molecule has 0 spiro atoms. The maximum absolute atomic E-state index is 14.1. The van der Waals surface area contributed by atoms with Crippen LogP contribution in [0.1, 0.15) is 80.8 Å². The van der Waals surface area contributed by atoms with Crippen LogP contribution in [-0.2, 0) is 25.7 Å². The zero-order valence-corrected chi connectivity index (χ0v) is 42.1. The molecule has 2 aliphatic heterocycles. The van der Waals surface area contributed by atoms with Gasteiger partial charge in [-0.15, -0.1) is 22.9 Å². The Morgan fingerprint density at radius 3 is 2.16 bits per heavy atom. The fourth-order valence-electron chi connectivity index (χ4n) is 9.09. The number of alkyl halides is 1. The number of hydrogen-bond donors (Lipinski definition) is 4. The van der Waals surface area contributed by atoms with E-state index >= 15 is 0 Å². The number of hydrogen-bond acceptors (Lipinski definition) is 10. The molecule has 1 aromatic heterocycles. The summed E-state index contributed by atoms with van der Waals surface area (Å²) in [6, 6.07) is 31.5. The van der Waals surface area contributed by atoms with Crippen LogP contribution in [0.4, 0.5) is 0 Å². The average Bonchev–Trinajstić information content (AvgIpc) is 3.98. The maximum Gasteiger partial charge on any atom is 0.246 e. The Labute approximate surface area is 420 Å². The number of aromatic hydroxyl groups is 1. The van der Waals surface area contributed by atoms with Crippen LogP contribution in [0.2, 0.25) is 0 Å². The van der Waals surface area contributed by atoms with E-state index in [1.165, 1.54) is 4.90 Å². The average molecular weight is 990 g/mol. The largest absolute Gasteiger partial charge is 0.508 e. The summed E-state index contributed by atoms with van der Waals surface area (Å²) in [6.45, 7) is 11.5. The van der Waals surface area contributed by atoms with E-state index in [2.05, 4.69) is 44.8 Å². The van der Waals surface area contributed by atoms with Gasteiger partial charge < -0.3 is 35.4 Å². The third-order valence-electron chi connectivity index (χ3n) is 13.0. The predicted molar refractivity (Wildman–Crippen MR) is 276 cm³/mol. The van der Waals surface area contributed by atoms with Crippen molar-refractivity contribution in [2.24, 2.45) is 5.41 Å². The number of aryl methyl sites for hydroxylation is 1. The number of thiazole rings is 1. The summed E-state index contributed by atoms with van der Waals surface area (Å²) in [5.41, 5.74) is 9.27. The van der Waals surface area contributed by atoms with Gasteiger partial charge in [0.25, 0.3) is 0 Å². The quantitative estimate of drug-likeness (QED) is 0.0476. The second-order valence-corrected chi connectivity index (χ2v) is 20.3. The Hall–Kier alpha value is -6.06. The van der Waals surface area contributed by atoms with Gasteiger partial charge in [0.1, 0.15) is 30.2 Å². The number of amides is 4. The molecular weight excluding hydrogens is 924 g/mol. The summed E-state index contributed by atoms with van der Waals surface area (Å²) in [4.78, 5) is 65.1. The highest BCUT2D eigenvalue weighted by atomic mass is 35.5. The van der Waals surface area contributed by atoms with Crippen molar-refractivity contribution in [1.82, 2.24) is 30.3 Å². The van der Waals surface area contributed by atoms with Gasteiger partial charge in [0.15, 0.2) is 0 Å². The van der Waals surface area contributed by atoms with E-state index in [4.69, 9.17) is 16.3 Å². The minimum Gasteiger partial charge on any atom is -0.508 e. The summed E-state index contributed by atoms with van der Waals surface area (Å²) in [6.07, 6.45) is 0.489. The third-order valence-corrected chi connectivity index (χ3v) is 14.1. The van der Waals surface area contributed by atoms with E-state index < -0.39 is 29.5 Å². The molecule has 2 aliphatic rings. The van der Waals surface area contributed by atoms with Crippen LogP contribution < -0.4 is 15.4 Å². The molecular formula is C55H65ClN6O7S. The molecule has 0 saturated carbocycles. The van der Waals surface area contributed by atoms with Crippen LogP contribution in [0.15, 0.2) is 109 Å². The number of likely N-dealkylation sites (tertiary alicyclic amines) is 1. The number of phenols is 1. The lowest BCUT2D eigenvalue weighted by atomic mass is 9.85. The molecule has 5 aromatic rings.